The smallest absolute Gasteiger partial charge is 0.241 e. The van der Waals surface area contributed by atoms with Crippen LogP contribution in [-0.2, 0) is 17.6 Å². The molecule has 0 aliphatic rings. The Balaban J connectivity index is 1.68. The van der Waals surface area contributed by atoms with Crippen LogP contribution in [0.15, 0.2) is 52.8 Å². The Bertz CT molecular complexity index is 641. The molecule has 0 saturated heterocycles. The molecule has 5 nitrogen and oxygen atoms in total. The van der Waals surface area contributed by atoms with Crippen molar-refractivity contribution in [2.75, 3.05) is 26.2 Å². The van der Waals surface area contributed by atoms with Crippen molar-refractivity contribution < 1.29 is 4.79 Å². The summed E-state index contributed by atoms with van der Waals surface area (Å²) in [6.07, 6.45) is 1.78. The zero-order valence-corrected chi connectivity index (χ0v) is 15.4. The molecule has 0 atom stereocenters. The van der Waals surface area contributed by atoms with Crippen LogP contribution in [0.4, 0.5) is 0 Å². The van der Waals surface area contributed by atoms with Crippen LogP contribution >= 0.6 is 11.3 Å². The lowest BCUT2D eigenvalue weighted by atomic mass is 10.1. The zero-order valence-electron chi connectivity index (χ0n) is 14.6. The highest BCUT2D eigenvalue weighted by Crippen LogP contribution is 2.07. The van der Waals surface area contributed by atoms with Gasteiger partial charge in [0.05, 0.1) is 0 Å². The molecule has 0 unspecified atom stereocenters. The minimum absolute atomic E-state index is 0.0635. The summed E-state index contributed by atoms with van der Waals surface area (Å²) in [5.41, 5.74) is 1.22. The van der Waals surface area contributed by atoms with E-state index >= 15 is 0 Å². The molecule has 0 fully saturated rings. The van der Waals surface area contributed by atoms with Crippen LogP contribution in [0.2, 0.25) is 0 Å². The third kappa shape index (κ3) is 7.85. The fourth-order valence-electron chi connectivity index (χ4n) is 2.30. The number of thiophene rings is 1. The molecule has 3 N–H and O–H groups in total. The first-order valence-electron chi connectivity index (χ1n) is 8.63. The number of rotatable bonds is 9. The van der Waals surface area contributed by atoms with Crippen LogP contribution in [0.25, 0.3) is 0 Å². The molecular formula is C19H26N4OS. The summed E-state index contributed by atoms with van der Waals surface area (Å²) in [5.74, 6) is 0.614. The van der Waals surface area contributed by atoms with E-state index in [0.717, 1.165) is 25.9 Å². The van der Waals surface area contributed by atoms with Crippen molar-refractivity contribution in [2.24, 2.45) is 4.99 Å². The Hall–Kier alpha value is -2.34. The summed E-state index contributed by atoms with van der Waals surface area (Å²) in [5, 5.41) is 11.4. The van der Waals surface area contributed by atoms with Gasteiger partial charge in [-0.25, -0.2) is 4.99 Å². The van der Waals surface area contributed by atoms with Gasteiger partial charge in [-0.3, -0.25) is 4.79 Å². The molecule has 1 aromatic heterocycles. The van der Waals surface area contributed by atoms with Gasteiger partial charge in [0.1, 0.15) is 6.54 Å². The molecule has 25 heavy (non-hydrogen) atoms. The monoisotopic (exact) mass is 358 g/mol. The van der Waals surface area contributed by atoms with Crippen LogP contribution < -0.4 is 16.0 Å². The molecule has 0 aliphatic carbocycles. The second kappa shape index (κ2) is 11.3. The van der Waals surface area contributed by atoms with E-state index in [-0.39, 0.29) is 12.5 Å². The molecule has 0 saturated carbocycles. The fraction of sp³-hybridized carbons (Fsp3) is 0.368. The predicted molar refractivity (Wildman–Crippen MR) is 105 cm³/mol. The summed E-state index contributed by atoms with van der Waals surface area (Å²) in [7, 11) is 0. The third-order valence-electron chi connectivity index (χ3n) is 3.55. The maximum Gasteiger partial charge on any atom is 0.241 e. The SMILES string of the molecule is CCNC(=NCC(=O)NCCc1ccccc1)NCCc1cccs1. The van der Waals surface area contributed by atoms with Crippen molar-refractivity contribution in [2.45, 2.75) is 19.8 Å². The summed E-state index contributed by atoms with van der Waals surface area (Å²) >= 11 is 1.75. The first-order chi connectivity index (χ1) is 12.3. The number of benzene rings is 1. The topological polar surface area (TPSA) is 65.5 Å². The van der Waals surface area contributed by atoms with E-state index in [4.69, 9.17) is 0 Å². The van der Waals surface area contributed by atoms with Crippen molar-refractivity contribution in [3.8, 4) is 0 Å². The van der Waals surface area contributed by atoms with Gasteiger partial charge in [0, 0.05) is 24.5 Å². The van der Waals surface area contributed by atoms with Crippen molar-refractivity contribution in [1.29, 1.82) is 0 Å². The molecule has 6 heteroatoms. The van der Waals surface area contributed by atoms with Crippen LogP contribution in [0.1, 0.15) is 17.4 Å². The first-order valence-corrected chi connectivity index (χ1v) is 9.51. The van der Waals surface area contributed by atoms with Gasteiger partial charge in [-0.2, -0.15) is 0 Å². The van der Waals surface area contributed by atoms with Crippen molar-refractivity contribution in [3.05, 3.63) is 58.3 Å². The van der Waals surface area contributed by atoms with E-state index in [9.17, 15) is 4.79 Å². The number of carbonyl (C=O) groups is 1. The number of aliphatic imine (C=N–C) groups is 1. The van der Waals surface area contributed by atoms with Gasteiger partial charge in [0.15, 0.2) is 5.96 Å². The number of hydrogen-bond donors (Lipinski definition) is 3. The maximum atomic E-state index is 11.9. The Kier molecular flexibility index (Phi) is 8.55. The molecule has 1 heterocycles. The van der Waals surface area contributed by atoms with Crippen LogP contribution in [-0.4, -0.2) is 38.0 Å². The molecule has 0 bridgehead atoms. The fourth-order valence-corrected chi connectivity index (χ4v) is 3.01. The summed E-state index contributed by atoms with van der Waals surface area (Å²) in [6, 6.07) is 14.3. The number of carbonyl (C=O) groups excluding carboxylic acids is 1. The Morgan fingerprint density at radius 3 is 2.52 bits per heavy atom. The van der Waals surface area contributed by atoms with Gasteiger partial charge in [0.25, 0.3) is 0 Å². The lowest BCUT2D eigenvalue weighted by Crippen LogP contribution is -2.39. The average molecular weight is 359 g/mol. The number of hydrogen-bond acceptors (Lipinski definition) is 3. The largest absolute Gasteiger partial charge is 0.357 e. The zero-order chi connectivity index (χ0) is 17.7. The standard InChI is InChI=1S/C19H26N4OS/c1-2-20-19(22-13-11-17-9-6-14-25-17)23-15-18(24)21-12-10-16-7-4-3-5-8-16/h3-9,14H,2,10-13,15H2,1H3,(H,21,24)(H2,20,22,23). The lowest BCUT2D eigenvalue weighted by Gasteiger charge is -2.11. The van der Waals surface area contributed by atoms with Gasteiger partial charge in [-0.1, -0.05) is 36.4 Å². The highest BCUT2D eigenvalue weighted by atomic mass is 32.1. The Morgan fingerprint density at radius 2 is 1.80 bits per heavy atom. The van der Waals surface area contributed by atoms with Crippen LogP contribution in [0.3, 0.4) is 0 Å². The van der Waals surface area contributed by atoms with E-state index in [2.05, 4.69) is 50.6 Å². The van der Waals surface area contributed by atoms with E-state index in [1.165, 1.54) is 10.4 Å². The normalized spacial score (nSPS) is 11.2. The van der Waals surface area contributed by atoms with Crippen molar-refractivity contribution in [1.82, 2.24) is 16.0 Å². The van der Waals surface area contributed by atoms with Gasteiger partial charge in [-0.05, 0) is 36.8 Å². The first kappa shape index (κ1) is 19.0. The molecule has 1 amide bonds. The molecule has 1 aromatic carbocycles. The lowest BCUT2D eigenvalue weighted by molar-refractivity contribution is -0.119. The molecule has 134 valence electrons. The van der Waals surface area contributed by atoms with E-state index in [1.807, 2.05) is 25.1 Å². The second-order valence-corrected chi connectivity index (χ2v) is 6.57. The molecule has 0 radical (unpaired) electrons. The summed E-state index contributed by atoms with van der Waals surface area (Å²) < 4.78 is 0. The third-order valence-corrected chi connectivity index (χ3v) is 4.48. The Morgan fingerprint density at radius 1 is 1.00 bits per heavy atom. The number of amides is 1. The molecule has 0 aliphatic heterocycles. The van der Waals surface area contributed by atoms with E-state index in [1.54, 1.807) is 11.3 Å². The molecular weight excluding hydrogens is 332 g/mol. The average Bonchev–Trinajstić information content (AvgIpc) is 3.14. The summed E-state index contributed by atoms with van der Waals surface area (Å²) in [6.45, 7) is 4.32. The molecule has 2 aromatic rings. The van der Waals surface area contributed by atoms with Crippen molar-refractivity contribution >= 4 is 23.2 Å². The van der Waals surface area contributed by atoms with Gasteiger partial charge in [-0.15, -0.1) is 11.3 Å². The highest BCUT2D eigenvalue weighted by molar-refractivity contribution is 7.09. The van der Waals surface area contributed by atoms with E-state index in [0.29, 0.717) is 12.5 Å². The summed E-state index contributed by atoms with van der Waals surface area (Å²) in [4.78, 5) is 17.6. The van der Waals surface area contributed by atoms with Crippen LogP contribution in [0.5, 0.6) is 0 Å². The quantitative estimate of drug-likeness (QED) is 0.476. The van der Waals surface area contributed by atoms with E-state index < -0.39 is 0 Å². The Labute approximate surface area is 153 Å². The minimum Gasteiger partial charge on any atom is -0.357 e. The number of guanidine groups is 1. The van der Waals surface area contributed by atoms with Gasteiger partial charge in [0.2, 0.25) is 5.91 Å². The van der Waals surface area contributed by atoms with Crippen molar-refractivity contribution in [3.63, 3.8) is 0 Å². The predicted octanol–water partition coefficient (Wildman–Crippen LogP) is 2.20. The van der Waals surface area contributed by atoms with Gasteiger partial charge < -0.3 is 16.0 Å². The maximum absolute atomic E-state index is 11.9. The minimum atomic E-state index is -0.0635. The molecule has 2 rings (SSSR count). The molecule has 0 spiro atoms. The number of nitrogens with one attached hydrogen (secondary N) is 3. The second-order valence-electron chi connectivity index (χ2n) is 5.54. The highest BCUT2D eigenvalue weighted by Gasteiger charge is 2.02. The van der Waals surface area contributed by atoms with Gasteiger partial charge >= 0.3 is 0 Å². The number of nitrogens with zero attached hydrogens (tertiary/aromatic N) is 1. The van der Waals surface area contributed by atoms with Crippen LogP contribution in [0, 0.1) is 0 Å².